The van der Waals surface area contributed by atoms with E-state index in [0.717, 1.165) is 6.54 Å². The normalized spacial score (nSPS) is 10.9. The molecule has 0 fully saturated rings. The van der Waals surface area contributed by atoms with Gasteiger partial charge in [0.2, 0.25) is 0 Å². The molecule has 0 amide bonds. The van der Waals surface area contributed by atoms with E-state index in [1.807, 2.05) is 0 Å². The molecule has 0 unspecified atom stereocenters. The van der Waals surface area contributed by atoms with Crippen LogP contribution in [-0.4, -0.2) is 6.54 Å². The maximum absolute atomic E-state index is 5.47. The Hall–Kier alpha value is -0.0100. The quantitative estimate of drug-likeness (QED) is 0.275. The highest BCUT2D eigenvalue weighted by Crippen LogP contribution is 2.09. The third-order valence-electron chi connectivity index (χ3n) is 3.72. The molecule has 20 heavy (non-hydrogen) atoms. The summed E-state index contributed by atoms with van der Waals surface area (Å²) in [4.78, 5) is 0. The number of allylic oxidation sites excluding steroid dienone is 2. The van der Waals surface area contributed by atoms with Crippen molar-refractivity contribution in [3.05, 3.63) is 12.2 Å². The minimum atomic E-state index is 0. The van der Waals surface area contributed by atoms with Crippen LogP contribution in [0.3, 0.4) is 0 Å². The Kier molecular flexibility index (Phi) is 23.7. The van der Waals surface area contributed by atoms with Gasteiger partial charge in [0, 0.05) is 0 Å². The third-order valence-corrected chi connectivity index (χ3v) is 3.72. The van der Waals surface area contributed by atoms with Gasteiger partial charge < -0.3 is 5.73 Å². The van der Waals surface area contributed by atoms with Gasteiger partial charge in [-0.2, -0.15) is 0 Å². The van der Waals surface area contributed by atoms with E-state index in [0.29, 0.717) is 0 Å². The molecule has 0 bridgehead atoms. The number of hydrogen-bond acceptors (Lipinski definition) is 1. The smallest absolute Gasteiger partial charge is 0.00773 e. The van der Waals surface area contributed by atoms with Gasteiger partial charge in [0.05, 0.1) is 0 Å². The standard InChI is InChI=1S/C18H37N.ClH/c1-2-3-4-5-6-7-8-9-10-11-12-13-14-15-16-17-18-19;/h9-10H,2-8,11-19H2,1H3;1H/b10-9-;. The summed E-state index contributed by atoms with van der Waals surface area (Å²) >= 11 is 0. The molecule has 0 aromatic rings. The molecule has 0 saturated carbocycles. The van der Waals surface area contributed by atoms with Crippen molar-refractivity contribution in [3.63, 3.8) is 0 Å². The topological polar surface area (TPSA) is 26.0 Å². The van der Waals surface area contributed by atoms with Gasteiger partial charge in [0.15, 0.2) is 0 Å². The van der Waals surface area contributed by atoms with Gasteiger partial charge >= 0.3 is 0 Å². The van der Waals surface area contributed by atoms with Gasteiger partial charge in [-0.3, -0.25) is 0 Å². The fourth-order valence-corrected chi connectivity index (χ4v) is 2.39. The molecule has 0 aromatic carbocycles. The summed E-state index contributed by atoms with van der Waals surface area (Å²) in [6.45, 7) is 3.14. The van der Waals surface area contributed by atoms with E-state index in [1.54, 1.807) is 0 Å². The molecule has 2 N–H and O–H groups in total. The molecule has 0 aliphatic rings. The van der Waals surface area contributed by atoms with Crippen molar-refractivity contribution in [1.82, 2.24) is 0 Å². The monoisotopic (exact) mass is 303 g/mol. The Balaban J connectivity index is 0. The van der Waals surface area contributed by atoms with E-state index in [2.05, 4.69) is 19.1 Å². The van der Waals surface area contributed by atoms with Crippen molar-refractivity contribution < 1.29 is 0 Å². The largest absolute Gasteiger partial charge is 0.330 e. The predicted molar refractivity (Wildman–Crippen MR) is 95.8 cm³/mol. The first kappa shape index (κ1) is 22.3. The second kappa shape index (κ2) is 21.3. The molecule has 0 saturated heterocycles. The van der Waals surface area contributed by atoms with Gasteiger partial charge in [-0.1, -0.05) is 76.9 Å². The van der Waals surface area contributed by atoms with Crippen LogP contribution in [0.2, 0.25) is 0 Å². The van der Waals surface area contributed by atoms with Crippen LogP contribution in [0.25, 0.3) is 0 Å². The summed E-state index contributed by atoms with van der Waals surface area (Å²) in [5, 5.41) is 0. The zero-order chi connectivity index (χ0) is 14.0. The van der Waals surface area contributed by atoms with Crippen LogP contribution in [-0.2, 0) is 0 Å². The molecule has 0 atom stereocenters. The number of nitrogens with two attached hydrogens (primary N) is 1. The van der Waals surface area contributed by atoms with E-state index >= 15 is 0 Å². The van der Waals surface area contributed by atoms with Crippen LogP contribution >= 0.6 is 12.4 Å². The number of rotatable bonds is 15. The third kappa shape index (κ3) is 20.3. The molecule has 0 aromatic heterocycles. The molecule has 2 heteroatoms. The molecular weight excluding hydrogens is 266 g/mol. The Morgan fingerprint density at radius 1 is 0.600 bits per heavy atom. The number of hydrogen-bond donors (Lipinski definition) is 1. The highest BCUT2D eigenvalue weighted by atomic mass is 35.5. The van der Waals surface area contributed by atoms with Gasteiger partial charge in [-0.25, -0.2) is 0 Å². The van der Waals surface area contributed by atoms with Gasteiger partial charge in [0.25, 0.3) is 0 Å². The van der Waals surface area contributed by atoms with E-state index in [-0.39, 0.29) is 12.4 Å². The van der Waals surface area contributed by atoms with Gasteiger partial charge in [-0.05, 0) is 38.6 Å². The molecular formula is C18H38ClN. The van der Waals surface area contributed by atoms with Crippen LogP contribution < -0.4 is 5.73 Å². The molecule has 0 heterocycles. The zero-order valence-corrected chi connectivity index (χ0v) is 14.6. The first-order valence-electron chi connectivity index (χ1n) is 8.77. The lowest BCUT2D eigenvalue weighted by Crippen LogP contribution is -1.97. The van der Waals surface area contributed by atoms with Crippen molar-refractivity contribution in [2.75, 3.05) is 6.54 Å². The van der Waals surface area contributed by atoms with E-state index in [9.17, 15) is 0 Å². The summed E-state index contributed by atoms with van der Waals surface area (Å²) in [5.41, 5.74) is 5.47. The molecule has 0 rings (SSSR count). The highest BCUT2D eigenvalue weighted by Gasteiger charge is 1.90. The van der Waals surface area contributed by atoms with Crippen molar-refractivity contribution in [2.24, 2.45) is 5.73 Å². The van der Waals surface area contributed by atoms with Crippen LogP contribution in [0.5, 0.6) is 0 Å². The predicted octanol–water partition coefficient (Wildman–Crippen LogP) is 6.40. The summed E-state index contributed by atoms with van der Waals surface area (Å²) in [6.07, 6.45) is 23.9. The lowest BCUT2D eigenvalue weighted by atomic mass is 10.1. The average Bonchev–Trinajstić information content (AvgIpc) is 2.43. The van der Waals surface area contributed by atoms with Crippen molar-refractivity contribution in [1.29, 1.82) is 0 Å². The second-order valence-electron chi connectivity index (χ2n) is 5.73. The molecule has 0 radical (unpaired) electrons. The second-order valence-corrected chi connectivity index (χ2v) is 5.73. The van der Waals surface area contributed by atoms with E-state index in [1.165, 1.54) is 89.9 Å². The molecule has 0 aliphatic heterocycles. The Labute approximate surface area is 134 Å². The van der Waals surface area contributed by atoms with E-state index < -0.39 is 0 Å². The molecule has 0 spiro atoms. The number of unbranched alkanes of at least 4 members (excludes halogenated alkanes) is 12. The minimum absolute atomic E-state index is 0. The first-order chi connectivity index (χ1) is 9.41. The fourth-order valence-electron chi connectivity index (χ4n) is 2.39. The van der Waals surface area contributed by atoms with Crippen molar-refractivity contribution >= 4 is 12.4 Å². The van der Waals surface area contributed by atoms with Crippen molar-refractivity contribution in [3.8, 4) is 0 Å². The number of halogens is 1. The lowest BCUT2D eigenvalue weighted by Gasteiger charge is -1.99. The van der Waals surface area contributed by atoms with E-state index in [4.69, 9.17) is 5.73 Å². The molecule has 122 valence electrons. The maximum atomic E-state index is 5.47. The Bertz CT molecular complexity index is 180. The summed E-state index contributed by atoms with van der Waals surface area (Å²) in [6, 6.07) is 0. The molecule has 1 nitrogen and oxygen atoms in total. The first-order valence-corrected chi connectivity index (χ1v) is 8.77. The average molecular weight is 304 g/mol. The Morgan fingerprint density at radius 3 is 1.45 bits per heavy atom. The van der Waals surface area contributed by atoms with Gasteiger partial charge in [0.1, 0.15) is 0 Å². The van der Waals surface area contributed by atoms with Crippen molar-refractivity contribution in [2.45, 2.75) is 96.8 Å². The maximum Gasteiger partial charge on any atom is -0.00773 e. The summed E-state index contributed by atoms with van der Waals surface area (Å²) < 4.78 is 0. The lowest BCUT2D eigenvalue weighted by molar-refractivity contribution is 0.599. The highest BCUT2D eigenvalue weighted by molar-refractivity contribution is 5.85. The molecule has 0 aliphatic carbocycles. The summed E-state index contributed by atoms with van der Waals surface area (Å²) in [7, 11) is 0. The zero-order valence-electron chi connectivity index (χ0n) is 13.7. The fraction of sp³-hybridized carbons (Fsp3) is 0.889. The summed E-state index contributed by atoms with van der Waals surface area (Å²) in [5.74, 6) is 0. The van der Waals surface area contributed by atoms with Gasteiger partial charge in [-0.15, -0.1) is 12.4 Å². The van der Waals surface area contributed by atoms with Crippen LogP contribution in [0.15, 0.2) is 12.2 Å². The minimum Gasteiger partial charge on any atom is -0.330 e. The van der Waals surface area contributed by atoms with Crippen LogP contribution in [0, 0.1) is 0 Å². The SMILES string of the molecule is CCCCCCCC/C=C\CCCCCCCCN.Cl. The van der Waals surface area contributed by atoms with Crippen LogP contribution in [0.4, 0.5) is 0 Å². The van der Waals surface area contributed by atoms with Crippen LogP contribution in [0.1, 0.15) is 96.8 Å². The Morgan fingerprint density at radius 2 is 1.00 bits per heavy atom.